The number of anilines is 5. The number of Topliss-reactive ketones (excluding diaryl/α,β-unsaturated/α-hetero) is 1. The van der Waals surface area contributed by atoms with Crippen LogP contribution in [0, 0.1) is 0 Å². The minimum atomic E-state index is -0.157. The lowest BCUT2D eigenvalue weighted by molar-refractivity contribution is 0.101. The Morgan fingerprint density at radius 3 is 2.82 bits per heavy atom. The van der Waals surface area contributed by atoms with Crippen LogP contribution in [0.4, 0.5) is 28.8 Å². The summed E-state index contributed by atoms with van der Waals surface area (Å²) in [6.45, 7) is 7.47. The minimum absolute atomic E-state index is 0.0860. The standard InChI is InChI=1S/C24H26N6O4/c1-3-8-30-9-11-33-21-6-4-17(13-20(21)30)27-23-19(16(2)32)15-26-24(29-23)28-18-5-7-22(25-14-18)34-12-10-31/h3-7,13-15,31H,1,8-12H2,2H3,(H2,26,27,28,29). The van der Waals surface area contributed by atoms with Gasteiger partial charge >= 0.3 is 0 Å². The Labute approximate surface area is 197 Å². The molecule has 1 aliphatic rings. The van der Waals surface area contributed by atoms with Gasteiger partial charge in [0.1, 0.15) is 24.8 Å². The van der Waals surface area contributed by atoms with Crippen molar-refractivity contribution in [3.05, 3.63) is 60.9 Å². The van der Waals surface area contributed by atoms with Gasteiger partial charge in [0, 0.05) is 24.5 Å². The summed E-state index contributed by atoms with van der Waals surface area (Å²) >= 11 is 0. The van der Waals surface area contributed by atoms with Crippen LogP contribution in [0.3, 0.4) is 0 Å². The molecule has 2 aromatic heterocycles. The number of carbonyl (C=O) groups excluding carboxylic acids is 1. The normalized spacial score (nSPS) is 12.4. The van der Waals surface area contributed by atoms with Gasteiger partial charge in [-0.25, -0.2) is 9.97 Å². The molecule has 34 heavy (non-hydrogen) atoms. The van der Waals surface area contributed by atoms with Crippen LogP contribution in [0.2, 0.25) is 0 Å². The van der Waals surface area contributed by atoms with E-state index in [-0.39, 0.29) is 19.0 Å². The van der Waals surface area contributed by atoms with Crippen LogP contribution in [0.15, 0.2) is 55.4 Å². The summed E-state index contributed by atoms with van der Waals surface area (Å²) in [7, 11) is 0. The third-order valence-electron chi connectivity index (χ3n) is 5.03. The highest BCUT2D eigenvalue weighted by Crippen LogP contribution is 2.35. The molecule has 0 bridgehead atoms. The van der Waals surface area contributed by atoms with E-state index >= 15 is 0 Å². The zero-order chi connectivity index (χ0) is 23.9. The molecule has 1 aliphatic heterocycles. The molecule has 1 aromatic carbocycles. The molecule has 4 rings (SSSR count). The molecular formula is C24H26N6O4. The second-order valence-electron chi connectivity index (χ2n) is 7.48. The van der Waals surface area contributed by atoms with Gasteiger partial charge in [0.15, 0.2) is 5.78 Å². The number of benzene rings is 1. The van der Waals surface area contributed by atoms with Crippen LogP contribution in [0.25, 0.3) is 0 Å². The number of pyridine rings is 1. The fourth-order valence-electron chi connectivity index (χ4n) is 3.45. The number of aliphatic hydroxyl groups excluding tert-OH is 1. The van der Waals surface area contributed by atoms with Crippen LogP contribution in [-0.2, 0) is 0 Å². The molecule has 3 heterocycles. The van der Waals surface area contributed by atoms with E-state index in [1.807, 2.05) is 24.3 Å². The monoisotopic (exact) mass is 462 g/mol. The van der Waals surface area contributed by atoms with Crippen LogP contribution in [0.1, 0.15) is 17.3 Å². The second kappa shape index (κ2) is 10.6. The van der Waals surface area contributed by atoms with Crippen molar-refractivity contribution in [2.24, 2.45) is 0 Å². The topological polar surface area (TPSA) is 122 Å². The van der Waals surface area contributed by atoms with Crippen LogP contribution >= 0.6 is 0 Å². The lowest BCUT2D eigenvalue weighted by atomic mass is 10.2. The fourth-order valence-corrected chi connectivity index (χ4v) is 3.45. The molecular weight excluding hydrogens is 436 g/mol. The Bertz CT molecular complexity index is 1170. The van der Waals surface area contributed by atoms with E-state index in [0.717, 1.165) is 23.7 Å². The summed E-state index contributed by atoms with van der Waals surface area (Å²) in [5, 5.41) is 15.2. The largest absolute Gasteiger partial charge is 0.490 e. The van der Waals surface area contributed by atoms with Gasteiger partial charge in [-0.1, -0.05) is 6.08 Å². The summed E-state index contributed by atoms with van der Waals surface area (Å²) in [6, 6.07) is 9.17. The van der Waals surface area contributed by atoms with E-state index < -0.39 is 0 Å². The first-order valence-electron chi connectivity index (χ1n) is 10.8. The van der Waals surface area contributed by atoms with Crippen molar-refractivity contribution >= 4 is 34.6 Å². The average molecular weight is 463 g/mol. The molecule has 0 aliphatic carbocycles. The molecule has 0 amide bonds. The number of nitrogens with one attached hydrogen (secondary N) is 2. The molecule has 176 valence electrons. The quantitative estimate of drug-likeness (QED) is 0.305. The summed E-state index contributed by atoms with van der Waals surface area (Å²) < 4.78 is 11.0. The molecule has 0 radical (unpaired) electrons. The molecule has 0 atom stereocenters. The number of carbonyl (C=O) groups is 1. The maximum atomic E-state index is 12.2. The Hall–Kier alpha value is -4.18. The molecule has 0 spiro atoms. The number of ether oxygens (including phenoxy) is 2. The van der Waals surface area contributed by atoms with Gasteiger partial charge in [-0.15, -0.1) is 6.58 Å². The minimum Gasteiger partial charge on any atom is -0.490 e. The fraction of sp³-hybridized carbons (Fsp3) is 0.250. The third-order valence-corrected chi connectivity index (χ3v) is 5.03. The maximum Gasteiger partial charge on any atom is 0.229 e. The van der Waals surface area contributed by atoms with E-state index in [4.69, 9.17) is 14.6 Å². The Balaban J connectivity index is 1.57. The van der Waals surface area contributed by atoms with Gasteiger partial charge in [0.05, 0.1) is 36.3 Å². The number of aromatic nitrogens is 3. The first kappa shape index (κ1) is 23.0. The number of hydrogen-bond acceptors (Lipinski definition) is 10. The molecule has 0 saturated heterocycles. The van der Waals surface area contributed by atoms with Gasteiger partial charge in [-0.05, 0) is 31.2 Å². The first-order valence-corrected chi connectivity index (χ1v) is 10.8. The first-order chi connectivity index (χ1) is 16.6. The molecule has 0 unspecified atom stereocenters. The van der Waals surface area contributed by atoms with Crippen molar-refractivity contribution in [1.82, 2.24) is 15.0 Å². The lowest BCUT2D eigenvalue weighted by Gasteiger charge is -2.30. The second-order valence-corrected chi connectivity index (χ2v) is 7.48. The van der Waals surface area contributed by atoms with Gasteiger partial charge in [0.2, 0.25) is 11.8 Å². The average Bonchev–Trinajstić information content (AvgIpc) is 2.84. The summed E-state index contributed by atoms with van der Waals surface area (Å²) in [6.07, 6.45) is 4.91. The van der Waals surface area contributed by atoms with E-state index in [1.165, 1.54) is 13.1 Å². The molecule has 3 N–H and O–H groups in total. The highest BCUT2D eigenvalue weighted by Gasteiger charge is 2.19. The molecule has 3 aromatic rings. The number of aliphatic hydroxyl groups is 1. The Kier molecular flexibility index (Phi) is 7.19. The molecule has 10 nitrogen and oxygen atoms in total. The Morgan fingerprint density at radius 2 is 2.09 bits per heavy atom. The zero-order valence-corrected chi connectivity index (χ0v) is 18.8. The Morgan fingerprint density at radius 1 is 1.24 bits per heavy atom. The number of nitrogens with zero attached hydrogens (tertiary/aromatic N) is 4. The number of fused-ring (bicyclic) bond motifs is 1. The predicted molar refractivity (Wildman–Crippen MR) is 130 cm³/mol. The van der Waals surface area contributed by atoms with Crippen molar-refractivity contribution < 1.29 is 19.4 Å². The van der Waals surface area contributed by atoms with E-state index in [9.17, 15) is 4.79 Å². The summed E-state index contributed by atoms with van der Waals surface area (Å²) in [5.74, 6) is 1.72. The molecule has 10 heteroatoms. The summed E-state index contributed by atoms with van der Waals surface area (Å²) in [4.78, 5) is 27.3. The molecule has 0 saturated carbocycles. The van der Waals surface area contributed by atoms with E-state index in [2.05, 4.69) is 37.1 Å². The van der Waals surface area contributed by atoms with Crippen molar-refractivity contribution in [1.29, 1.82) is 0 Å². The van der Waals surface area contributed by atoms with Crippen molar-refractivity contribution in [3.63, 3.8) is 0 Å². The SMILES string of the molecule is C=CCN1CCOc2ccc(Nc3nc(Nc4ccc(OCCO)nc4)ncc3C(C)=O)cc21. The lowest BCUT2D eigenvalue weighted by Crippen LogP contribution is -2.32. The molecule has 0 fully saturated rings. The van der Waals surface area contributed by atoms with Crippen molar-refractivity contribution in [3.8, 4) is 11.6 Å². The highest BCUT2D eigenvalue weighted by molar-refractivity contribution is 5.99. The van der Waals surface area contributed by atoms with Crippen LogP contribution < -0.4 is 25.0 Å². The van der Waals surface area contributed by atoms with Gasteiger partial charge in [-0.2, -0.15) is 4.98 Å². The highest BCUT2D eigenvalue weighted by atomic mass is 16.5. The predicted octanol–water partition coefficient (Wildman–Crippen LogP) is 3.32. The van der Waals surface area contributed by atoms with Gasteiger partial charge in [-0.3, -0.25) is 4.79 Å². The zero-order valence-electron chi connectivity index (χ0n) is 18.8. The van der Waals surface area contributed by atoms with Crippen molar-refractivity contribution in [2.75, 3.05) is 48.4 Å². The summed E-state index contributed by atoms with van der Waals surface area (Å²) in [5.41, 5.74) is 2.72. The smallest absolute Gasteiger partial charge is 0.229 e. The van der Waals surface area contributed by atoms with Crippen LogP contribution in [-0.4, -0.2) is 58.8 Å². The van der Waals surface area contributed by atoms with Crippen LogP contribution in [0.5, 0.6) is 11.6 Å². The number of hydrogen-bond donors (Lipinski definition) is 3. The maximum absolute atomic E-state index is 12.2. The van der Waals surface area contributed by atoms with Gasteiger partial charge < -0.3 is 30.1 Å². The van der Waals surface area contributed by atoms with Gasteiger partial charge in [0.25, 0.3) is 0 Å². The number of ketones is 1. The third kappa shape index (κ3) is 5.41. The van der Waals surface area contributed by atoms with E-state index in [0.29, 0.717) is 42.0 Å². The van der Waals surface area contributed by atoms with Crippen molar-refractivity contribution in [2.45, 2.75) is 6.92 Å². The number of rotatable bonds is 10. The van der Waals surface area contributed by atoms with E-state index in [1.54, 1.807) is 18.3 Å².